The number of rotatable bonds is 4. The van der Waals surface area contributed by atoms with Gasteiger partial charge < -0.3 is 15.2 Å². The molecule has 4 nitrogen and oxygen atoms in total. The highest BCUT2D eigenvalue weighted by Crippen LogP contribution is 2.30. The van der Waals surface area contributed by atoms with Crippen LogP contribution in [0, 0.1) is 0 Å². The van der Waals surface area contributed by atoms with Crippen molar-refractivity contribution in [2.45, 2.75) is 38.1 Å². The summed E-state index contributed by atoms with van der Waals surface area (Å²) in [5, 5.41) is 0. The minimum absolute atomic E-state index is 0.645. The van der Waals surface area contributed by atoms with E-state index in [0.717, 1.165) is 12.5 Å². The number of nitrogens with two attached hydrogens (primary N) is 1. The van der Waals surface area contributed by atoms with Crippen LogP contribution in [0.1, 0.15) is 38.1 Å². The third-order valence-electron chi connectivity index (χ3n) is 3.42. The van der Waals surface area contributed by atoms with Gasteiger partial charge in [0, 0.05) is 38.6 Å². The number of anilines is 1. The fourth-order valence-electron chi connectivity index (χ4n) is 2.54. The molecule has 0 radical (unpaired) electrons. The Labute approximate surface area is 97.4 Å². The highest BCUT2D eigenvalue weighted by molar-refractivity contribution is 5.30. The Kier molecular flexibility index (Phi) is 3.83. The van der Waals surface area contributed by atoms with Crippen LogP contribution in [0.25, 0.3) is 0 Å². The molecule has 2 rings (SSSR count). The third-order valence-corrected chi connectivity index (χ3v) is 3.42. The van der Waals surface area contributed by atoms with Gasteiger partial charge in [-0.1, -0.05) is 19.3 Å². The first-order valence-electron chi connectivity index (χ1n) is 6.27. The number of imidazole rings is 1. The summed E-state index contributed by atoms with van der Waals surface area (Å²) in [6, 6.07) is 0.645. The summed E-state index contributed by atoms with van der Waals surface area (Å²) in [5.41, 5.74) is 5.59. The Balaban J connectivity index is 2.11. The van der Waals surface area contributed by atoms with Crippen molar-refractivity contribution in [1.82, 2.24) is 9.55 Å². The monoisotopic (exact) mass is 222 g/mol. The van der Waals surface area contributed by atoms with Gasteiger partial charge in [0.2, 0.25) is 5.95 Å². The van der Waals surface area contributed by atoms with Crippen LogP contribution < -0.4 is 10.6 Å². The van der Waals surface area contributed by atoms with Gasteiger partial charge in [-0.2, -0.15) is 0 Å². The molecule has 1 fully saturated rings. The first kappa shape index (κ1) is 11.5. The van der Waals surface area contributed by atoms with Crippen LogP contribution in [-0.2, 0) is 0 Å². The molecule has 2 N–H and O–H groups in total. The summed E-state index contributed by atoms with van der Waals surface area (Å²) in [6.07, 6.45) is 10.7. The zero-order valence-corrected chi connectivity index (χ0v) is 10.1. The zero-order chi connectivity index (χ0) is 11.4. The van der Waals surface area contributed by atoms with Crippen molar-refractivity contribution in [2.75, 3.05) is 25.0 Å². The Hall–Kier alpha value is -1.03. The lowest BCUT2D eigenvalue weighted by molar-refractivity contribution is 0.354. The molecule has 1 aromatic rings. The molecule has 1 aliphatic rings. The van der Waals surface area contributed by atoms with Crippen LogP contribution in [0.5, 0.6) is 0 Å². The van der Waals surface area contributed by atoms with Gasteiger partial charge in [-0.25, -0.2) is 4.98 Å². The van der Waals surface area contributed by atoms with Gasteiger partial charge >= 0.3 is 0 Å². The Bertz CT molecular complexity index is 315. The lowest BCUT2D eigenvalue weighted by Crippen LogP contribution is -2.28. The molecule has 0 atom stereocenters. The SMILES string of the molecule is CN(CCN)c1nccn1C1CCCCC1. The predicted octanol–water partition coefficient (Wildman–Crippen LogP) is 1.78. The first-order valence-corrected chi connectivity index (χ1v) is 6.27. The molecule has 16 heavy (non-hydrogen) atoms. The molecule has 90 valence electrons. The van der Waals surface area contributed by atoms with Gasteiger partial charge in [-0.3, -0.25) is 0 Å². The standard InChI is InChI=1S/C12H22N4/c1-15(9-7-13)12-14-8-10-16(12)11-5-3-2-4-6-11/h8,10-11H,2-7,9,13H2,1H3. The molecule has 4 heteroatoms. The Morgan fingerprint density at radius 1 is 1.44 bits per heavy atom. The predicted molar refractivity (Wildman–Crippen MR) is 66.7 cm³/mol. The normalized spacial score (nSPS) is 17.6. The van der Waals surface area contributed by atoms with Crippen molar-refractivity contribution in [3.63, 3.8) is 0 Å². The van der Waals surface area contributed by atoms with E-state index in [1.807, 2.05) is 6.20 Å². The average Bonchev–Trinajstić information content (AvgIpc) is 2.79. The van der Waals surface area contributed by atoms with Crippen molar-refractivity contribution >= 4 is 5.95 Å². The first-order chi connectivity index (χ1) is 7.83. The van der Waals surface area contributed by atoms with Crippen LogP contribution in [0.4, 0.5) is 5.95 Å². The number of likely N-dealkylation sites (N-methyl/N-ethyl adjacent to an activating group) is 1. The zero-order valence-electron chi connectivity index (χ0n) is 10.1. The number of nitrogens with zero attached hydrogens (tertiary/aromatic N) is 3. The fraction of sp³-hybridized carbons (Fsp3) is 0.750. The van der Waals surface area contributed by atoms with Crippen molar-refractivity contribution in [3.8, 4) is 0 Å². The molecule has 0 amide bonds. The van der Waals surface area contributed by atoms with E-state index in [0.29, 0.717) is 12.6 Å². The molecule has 1 aliphatic carbocycles. The molecule has 1 saturated carbocycles. The van der Waals surface area contributed by atoms with Crippen molar-refractivity contribution in [2.24, 2.45) is 5.73 Å². The van der Waals surface area contributed by atoms with Crippen LogP contribution in [0.15, 0.2) is 12.4 Å². The van der Waals surface area contributed by atoms with Crippen LogP contribution in [0.3, 0.4) is 0 Å². The second-order valence-corrected chi connectivity index (χ2v) is 4.64. The minimum atomic E-state index is 0.645. The molecular weight excluding hydrogens is 200 g/mol. The lowest BCUT2D eigenvalue weighted by atomic mass is 9.95. The van der Waals surface area contributed by atoms with Gasteiger partial charge in [0.25, 0.3) is 0 Å². The maximum atomic E-state index is 5.59. The van der Waals surface area contributed by atoms with E-state index in [2.05, 4.69) is 27.7 Å². The summed E-state index contributed by atoms with van der Waals surface area (Å²) < 4.78 is 2.33. The minimum Gasteiger partial charge on any atom is -0.344 e. The van der Waals surface area contributed by atoms with Gasteiger partial charge in [-0.15, -0.1) is 0 Å². The van der Waals surface area contributed by atoms with Gasteiger partial charge in [0.1, 0.15) is 0 Å². The van der Waals surface area contributed by atoms with E-state index >= 15 is 0 Å². The summed E-state index contributed by atoms with van der Waals surface area (Å²) in [5.74, 6) is 1.07. The summed E-state index contributed by atoms with van der Waals surface area (Å²) >= 11 is 0. The van der Waals surface area contributed by atoms with E-state index in [1.165, 1.54) is 32.1 Å². The maximum absolute atomic E-state index is 5.59. The summed E-state index contributed by atoms with van der Waals surface area (Å²) in [7, 11) is 2.06. The largest absolute Gasteiger partial charge is 0.344 e. The van der Waals surface area contributed by atoms with E-state index in [1.54, 1.807) is 0 Å². The number of aromatic nitrogens is 2. The fourth-order valence-corrected chi connectivity index (χ4v) is 2.54. The topological polar surface area (TPSA) is 47.1 Å². The smallest absolute Gasteiger partial charge is 0.205 e. The molecule has 1 aromatic heterocycles. The van der Waals surface area contributed by atoms with Crippen LogP contribution >= 0.6 is 0 Å². The van der Waals surface area contributed by atoms with E-state index < -0.39 is 0 Å². The lowest BCUT2D eigenvalue weighted by Gasteiger charge is -2.27. The Morgan fingerprint density at radius 3 is 2.88 bits per heavy atom. The number of hydrogen-bond donors (Lipinski definition) is 1. The molecule has 0 aliphatic heterocycles. The summed E-state index contributed by atoms with van der Waals surface area (Å²) in [6.45, 7) is 1.54. The molecule has 0 bridgehead atoms. The second-order valence-electron chi connectivity index (χ2n) is 4.64. The van der Waals surface area contributed by atoms with Gasteiger partial charge in [-0.05, 0) is 12.8 Å². The Morgan fingerprint density at radius 2 is 2.19 bits per heavy atom. The molecule has 0 spiro atoms. The molecule has 0 saturated heterocycles. The molecule has 1 heterocycles. The number of hydrogen-bond acceptors (Lipinski definition) is 3. The molecule has 0 aromatic carbocycles. The highest BCUT2D eigenvalue weighted by atomic mass is 15.3. The van der Waals surface area contributed by atoms with E-state index in [4.69, 9.17) is 5.73 Å². The average molecular weight is 222 g/mol. The van der Waals surface area contributed by atoms with E-state index in [9.17, 15) is 0 Å². The second kappa shape index (κ2) is 5.34. The van der Waals surface area contributed by atoms with Gasteiger partial charge in [0.05, 0.1) is 0 Å². The van der Waals surface area contributed by atoms with Crippen molar-refractivity contribution in [1.29, 1.82) is 0 Å². The highest BCUT2D eigenvalue weighted by Gasteiger charge is 2.19. The van der Waals surface area contributed by atoms with Crippen LogP contribution in [0.2, 0.25) is 0 Å². The van der Waals surface area contributed by atoms with Gasteiger partial charge in [0.15, 0.2) is 0 Å². The van der Waals surface area contributed by atoms with Crippen molar-refractivity contribution in [3.05, 3.63) is 12.4 Å². The molecular formula is C12H22N4. The maximum Gasteiger partial charge on any atom is 0.205 e. The van der Waals surface area contributed by atoms with Crippen LogP contribution in [-0.4, -0.2) is 29.7 Å². The van der Waals surface area contributed by atoms with E-state index in [-0.39, 0.29) is 0 Å². The summed E-state index contributed by atoms with van der Waals surface area (Å²) in [4.78, 5) is 6.59. The molecule has 0 unspecified atom stereocenters. The quantitative estimate of drug-likeness (QED) is 0.844. The van der Waals surface area contributed by atoms with Crippen molar-refractivity contribution < 1.29 is 0 Å². The third kappa shape index (κ3) is 2.38.